The molecular formula is C11H11BrN2O2. The quantitative estimate of drug-likeness (QED) is 0.921. The van der Waals surface area contributed by atoms with Crippen molar-refractivity contribution in [1.82, 2.24) is 9.78 Å². The van der Waals surface area contributed by atoms with Crippen LogP contribution < -0.4 is 0 Å². The molecule has 0 fully saturated rings. The fourth-order valence-corrected chi connectivity index (χ4v) is 2.18. The van der Waals surface area contributed by atoms with Gasteiger partial charge in [-0.15, -0.1) is 0 Å². The van der Waals surface area contributed by atoms with Crippen LogP contribution in [0.15, 0.2) is 22.7 Å². The number of carboxylic acids is 1. The van der Waals surface area contributed by atoms with Crippen LogP contribution in [0.1, 0.15) is 18.5 Å². The van der Waals surface area contributed by atoms with Gasteiger partial charge in [-0.1, -0.05) is 15.9 Å². The van der Waals surface area contributed by atoms with Crippen LogP contribution in [-0.2, 0) is 11.8 Å². The van der Waals surface area contributed by atoms with Gasteiger partial charge in [-0.2, -0.15) is 5.10 Å². The van der Waals surface area contributed by atoms with Crippen LogP contribution in [-0.4, -0.2) is 20.9 Å². The van der Waals surface area contributed by atoms with E-state index in [1.165, 1.54) is 0 Å². The number of fused-ring (bicyclic) bond motifs is 1. The highest BCUT2D eigenvalue weighted by Crippen LogP contribution is 2.27. The van der Waals surface area contributed by atoms with Crippen molar-refractivity contribution in [2.45, 2.75) is 12.8 Å². The molecule has 2 aromatic rings. The summed E-state index contributed by atoms with van der Waals surface area (Å²) in [5.74, 6) is -1.41. The molecule has 1 N–H and O–H groups in total. The molecule has 0 amide bonds. The highest BCUT2D eigenvalue weighted by atomic mass is 79.9. The average molecular weight is 283 g/mol. The number of benzene rings is 1. The molecule has 0 aliphatic rings. The number of rotatable bonds is 2. The predicted octanol–water partition coefficient (Wildman–Crippen LogP) is 2.52. The zero-order valence-corrected chi connectivity index (χ0v) is 10.5. The Balaban J connectivity index is 2.72. The summed E-state index contributed by atoms with van der Waals surface area (Å²) in [5, 5.41) is 14.2. The standard InChI is InChI=1S/C11H11BrN2O2/c1-6(11(15)16)10-8-5-7(12)3-4-9(8)13-14(10)2/h3-6H,1-2H3,(H,15,16). The van der Waals surface area contributed by atoms with E-state index in [0.717, 1.165) is 21.1 Å². The molecule has 0 saturated heterocycles. The van der Waals surface area contributed by atoms with Gasteiger partial charge in [0.25, 0.3) is 0 Å². The first-order valence-corrected chi connectivity index (χ1v) is 5.65. The molecular weight excluding hydrogens is 272 g/mol. The normalized spacial score (nSPS) is 12.9. The van der Waals surface area contributed by atoms with Gasteiger partial charge in [-0.05, 0) is 25.1 Å². The van der Waals surface area contributed by atoms with E-state index >= 15 is 0 Å². The molecule has 0 aliphatic carbocycles. The van der Waals surface area contributed by atoms with E-state index in [1.807, 2.05) is 18.2 Å². The zero-order chi connectivity index (χ0) is 11.9. The molecule has 84 valence electrons. The molecule has 1 aromatic heterocycles. The third-order valence-corrected chi connectivity index (χ3v) is 3.11. The fourth-order valence-electron chi connectivity index (χ4n) is 1.82. The van der Waals surface area contributed by atoms with Crippen LogP contribution in [0.25, 0.3) is 10.9 Å². The Morgan fingerprint density at radius 3 is 2.88 bits per heavy atom. The number of halogens is 1. The molecule has 1 atom stereocenters. The molecule has 0 bridgehead atoms. The first-order chi connectivity index (χ1) is 7.50. The predicted molar refractivity (Wildman–Crippen MR) is 64.5 cm³/mol. The first-order valence-electron chi connectivity index (χ1n) is 4.85. The second-order valence-corrected chi connectivity index (χ2v) is 4.65. The van der Waals surface area contributed by atoms with Gasteiger partial charge in [0.1, 0.15) is 0 Å². The van der Waals surface area contributed by atoms with Gasteiger partial charge in [0, 0.05) is 16.9 Å². The molecule has 5 heteroatoms. The summed E-state index contributed by atoms with van der Waals surface area (Å²) in [6.07, 6.45) is 0. The Morgan fingerprint density at radius 1 is 1.56 bits per heavy atom. The van der Waals surface area contributed by atoms with Gasteiger partial charge in [0.15, 0.2) is 0 Å². The Morgan fingerprint density at radius 2 is 2.25 bits per heavy atom. The van der Waals surface area contributed by atoms with Gasteiger partial charge in [-0.3, -0.25) is 9.48 Å². The van der Waals surface area contributed by atoms with E-state index in [9.17, 15) is 4.79 Å². The van der Waals surface area contributed by atoms with E-state index < -0.39 is 11.9 Å². The summed E-state index contributed by atoms with van der Waals surface area (Å²) in [4.78, 5) is 11.0. The fraction of sp³-hybridized carbons (Fsp3) is 0.273. The van der Waals surface area contributed by atoms with Crippen LogP contribution in [0.5, 0.6) is 0 Å². The largest absolute Gasteiger partial charge is 0.481 e. The molecule has 4 nitrogen and oxygen atoms in total. The maximum Gasteiger partial charge on any atom is 0.312 e. The minimum atomic E-state index is -0.843. The lowest BCUT2D eigenvalue weighted by Gasteiger charge is -2.07. The lowest BCUT2D eigenvalue weighted by molar-refractivity contribution is -0.138. The van der Waals surface area contributed by atoms with Crippen molar-refractivity contribution >= 4 is 32.8 Å². The lowest BCUT2D eigenvalue weighted by atomic mass is 10.0. The third-order valence-electron chi connectivity index (χ3n) is 2.62. The zero-order valence-electron chi connectivity index (χ0n) is 8.94. The average Bonchev–Trinajstić information content (AvgIpc) is 2.52. The number of aryl methyl sites for hydroxylation is 1. The molecule has 0 aliphatic heterocycles. The Labute approximate surface area is 101 Å². The van der Waals surface area contributed by atoms with Gasteiger partial charge in [0.2, 0.25) is 0 Å². The summed E-state index contributed by atoms with van der Waals surface area (Å²) >= 11 is 3.38. The molecule has 0 radical (unpaired) electrons. The maximum absolute atomic E-state index is 11.0. The van der Waals surface area contributed by atoms with Crippen molar-refractivity contribution in [3.63, 3.8) is 0 Å². The maximum atomic E-state index is 11.0. The smallest absolute Gasteiger partial charge is 0.312 e. The van der Waals surface area contributed by atoms with E-state index in [1.54, 1.807) is 18.7 Å². The lowest BCUT2D eigenvalue weighted by Crippen LogP contribution is -2.12. The van der Waals surface area contributed by atoms with Crippen molar-refractivity contribution in [3.05, 3.63) is 28.4 Å². The van der Waals surface area contributed by atoms with Gasteiger partial charge < -0.3 is 5.11 Å². The summed E-state index contributed by atoms with van der Waals surface area (Å²) < 4.78 is 2.56. The van der Waals surface area contributed by atoms with Crippen LogP contribution >= 0.6 is 15.9 Å². The molecule has 1 aromatic carbocycles. The van der Waals surface area contributed by atoms with Crippen LogP contribution in [0.4, 0.5) is 0 Å². The third kappa shape index (κ3) is 1.71. The van der Waals surface area contributed by atoms with Crippen molar-refractivity contribution in [2.24, 2.45) is 7.05 Å². The van der Waals surface area contributed by atoms with Gasteiger partial charge in [0.05, 0.1) is 17.1 Å². The van der Waals surface area contributed by atoms with E-state index in [2.05, 4.69) is 21.0 Å². The molecule has 0 saturated carbocycles. The van der Waals surface area contributed by atoms with Crippen LogP contribution in [0.3, 0.4) is 0 Å². The number of hydrogen-bond acceptors (Lipinski definition) is 2. The highest BCUT2D eigenvalue weighted by molar-refractivity contribution is 9.10. The van der Waals surface area contributed by atoms with Crippen molar-refractivity contribution in [3.8, 4) is 0 Å². The monoisotopic (exact) mass is 282 g/mol. The summed E-state index contributed by atoms with van der Waals surface area (Å²) in [6, 6.07) is 5.67. The molecule has 1 unspecified atom stereocenters. The van der Waals surface area contributed by atoms with Gasteiger partial charge >= 0.3 is 5.97 Å². The second-order valence-electron chi connectivity index (χ2n) is 3.73. The van der Waals surface area contributed by atoms with Crippen LogP contribution in [0.2, 0.25) is 0 Å². The number of hydrogen-bond donors (Lipinski definition) is 1. The summed E-state index contributed by atoms with van der Waals surface area (Å²) in [7, 11) is 1.77. The number of carboxylic acid groups (broad SMARTS) is 1. The summed E-state index contributed by atoms with van der Waals surface area (Å²) in [5.41, 5.74) is 1.54. The Kier molecular flexibility index (Phi) is 2.71. The van der Waals surface area contributed by atoms with E-state index in [0.29, 0.717) is 0 Å². The molecule has 2 rings (SSSR count). The first kappa shape index (κ1) is 11.1. The number of aromatic nitrogens is 2. The molecule has 0 spiro atoms. The van der Waals surface area contributed by atoms with Gasteiger partial charge in [-0.25, -0.2) is 0 Å². The number of nitrogens with zero attached hydrogens (tertiary/aromatic N) is 2. The second kappa shape index (κ2) is 3.90. The SMILES string of the molecule is CC(C(=O)O)c1c2cc(Br)ccc2nn1C. The van der Waals surface area contributed by atoms with E-state index in [-0.39, 0.29) is 0 Å². The van der Waals surface area contributed by atoms with Crippen LogP contribution in [0, 0.1) is 0 Å². The Hall–Kier alpha value is -1.36. The van der Waals surface area contributed by atoms with Crippen molar-refractivity contribution < 1.29 is 9.90 Å². The summed E-state index contributed by atoms with van der Waals surface area (Å²) in [6.45, 7) is 1.67. The molecule has 16 heavy (non-hydrogen) atoms. The minimum Gasteiger partial charge on any atom is -0.481 e. The Bertz CT molecular complexity index is 562. The highest BCUT2D eigenvalue weighted by Gasteiger charge is 2.21. The topological polar surface area (TPSA) is 55.1 Å². The molecule has 1 heterocycles. The minimum absolute atomic E-state index is 0.565. The van der Waals surface area contributed by atoms with E-state index in [4.69, 9.17) is 5.11 Å². The van der Waals surface area contributed by atoms with Crippen molar-refractivity contribution in [2.75, 3.05) is 0 Å². The van der Waals surface area contributed by atoms with Crippen molar-refractivity contribution in [1.29, 1.82) is 0 Å². The number of aliphatic carboxylic acids is 1. The number of carbonyl (C=O) groups is 1.